The molecule has 0 spiro atoms. The number of amides is 2. The summed E-state index contributed by atoms with van der Waals surface area (Å²) < 4.78 is 0. The largest absolute Gasteiger partial charge is 0.337 e. The van der Waals surface area contributed by atoms with Gasteiger partial charge in [0.15, 0.2) is 0 Å². The molecule has 2 amide bonds. The molecule has 2 aromatic carbocycles. The van der Waals surface area contributed by atoms with Crippen molar-refractivity contribution in [3.05, 3.63) is 84.1 Å². The maximum atomic E-state index is 13.8. The van der Waals surface area contributed by atoms with E-state index in [0.717, 1.165) is 31.2 Å². The summed E-state index contributed by atoms with van der Waals surface area (Å²) in [5.74, 6) is -0.463. The van der Waals surface area contributed by atoms with Crippen LogP contribution in [0, 0.1) is 0 Å². The van der Waals surface area contributed by atoms with Crippen LogP contribution in [0.2, 0.25) is 0 Å². The van der Waals surface area contributed by atoms with Crippen LogP contribution in [0.5, 0.6) is 0 Å². The summed E-state index contributed by atoms with van der Waals surface area (Å²) in [6.07, 6.45) is 9.61. The molecule has 29 heavy (non-hydrogen) atoms. The molecule has 1 aliphatic heterocycles. The summed E-state index contributed by atoms with van der Waals surface area (Å²) in [7, 11) is 0. The van der Waals surface area contributed by atoms with Gasteiger partial charge in [-0.2, -0.15) is 0 Å². The monoisotopic (exact) mass is 388 g/mol. The Hall–Kier alpha value is -2.88. The number of benzene rings is 2. The zero-order valence-electron chi connectivity index (χ0n) is 16.9. The lowest BCUT2D eigenvalue weighted by atomic mass is 9.76. The van der Waals surface area contributed by atoms with Crippen LogP contribution in [-0.2, 0) is 4.79 Å². The predicted octanol–water partition coefficient (Wildman–Crippen LogP) is 4.65. The quantitative estimate of drug-likeness (QED) is 0.829. The van der Waals surface area contributed by atoms with E-state index in [1.165, 1.54) is 6.42 Å². The number of hydrogen-bond donors (Lipinski definition) is 1. The summed E-state index contributed by atoms with van der Waals surface area (Å²) in [5.41, 5.74) is 0.545. The number of carbonyl (C=O) groups excluding carboxylic acids is 2. The first-order chi connectivity index (χ1) is 14.1. The Morgan fingerprint density at radius 1 is 0.966 bits per heavy atom. The molecule has 1 fully saturated rings. The number of nitrogens with one attached hydrogen (secondary N) is 1. The molecule has 1 aliphatic carbocycles. The van der Waals surface area contributed by atoms with E-state index in [1.54, 1.807) is 12.1 Å². The molecule has 0 aromatic heterocycles. The highest BCUT2D eigenvalue weighted by Gasteiger charge is 2.48. The Morgan fingerprint density at radius 3 is 2.24 bits per heavy atom. The molecule has 1 heterocycles. The molecular formula is C25H28N2O2. The van der Waals surface area contributed by atoms with E-state index < -0.39 is 5.54 Å². The minimum atomic E-state index is -1.04. The van der Waals surface area contributed by atoms with Crippen molar-refractivity contribution in [2.75, 3.05) is 0 Å². The van der Waals surface area contributed by atoms with Crippen LogP contribution in [0.25, 0.3) is 0 Å². The summed E-state index contributed by atoms with van der Waals surface area (Å²) in [6.45, 7) is 1.87. The van der Waals surface area contributed by atoms with Gasteiger partial charge in [-0.25, -0.2) is 0 Å². The Balaban J connectivity index is 1.69. The number of rotatable bonds is 4. The first-order valence-corrected chi connectivity index (χ1v) is 10.5. The van der Waals surface area contributed by atoms with Crippen LogP contribution in [0.3, 0.4) is 0 Å². The fraction of sp³-hybridized carbons (Fsp3) is 0.360. The molecule has 4 heteroatoms. The Morgan fingerprint density at radius 2 is 1.59 bits per heavy atom. The normalized spacial score (nSPS) is 25.1. The molecular weight excluding hydrogens is 360 g/mol. The van der Waals surface area contributed by atoms with E-state index in [1.807, 2.05) is 66.6 Å². The van der Waals surface area contributed by atoms with Gasteiger partial charge >= 0.3 is 0 Å². The first kappa shape index (κ1) is 19.4. The van der Waals surface area contributed by atoms with Crippen molar-refractivity contribution in [2.45, 2.75) is 56.5 Å². The third kappa shape index (κ3) is 3.84. The second-order valence-electron chi connectivity index (χ2n) is 8.26. The van der Waals surface area contributed by atoms with Gasteiger partial charge in [-0.3, -0.25) is 9.59 Å². The van der Waals surface area contributed by atoms with Crippen molar-refractivity contribution in [1.82, 2.24) is 10.2 Å². The summed E-state index contributed by atoms with van der Waals surface area (Å²) >= 11 is 0. The third-order valence-corrected chi connectivity index (χ3v) is 6.28. The fourth-order valence-electron chi connectivity index (χ4n) is 4.62. The summed E-state index contributed by atoms with van der Waals surface area (Å²) in [6, 6.07) is 19.3. The van der Waals surface area contributed by atoms with Crippen molar-refractivity contribution in [1.29, 1.82) is 0 Å². The van der Waals surface area contributed by atoms with Gasteiger partial charge in [-0.15, -0.1) is 0 Å². The van der Waals surface area contributed by atoms with Gasteiger partial charge in [0.1, 0.15) is 5.54 Å². The minimum Gasteiger partial charge on any atom is -0.337 e. The molecule has 4 rings (SSSR count). The minimum absolute atomic E-state index is 0.0231. The number of nitrogens with zero attached hydrogens (tertiary/aromatic N) is 1. The maximum absolute atomic E-state index is 13.8. The molecule has 2 aliphatic rings. The van der Waals surface area contributed by atoms with Crippen molar-refractivity contribution in [3.8, 4) is 0 Å². The maximum Gasteiger partial charge on any atom is 0.253 e. The van der Waals surface area contributed by atoms with Gasteiger partial charge in [0.25, 0.3) is 11.8 Å². The van der Waals surface area contributed by atoms with Gasteiger partial charge < -0.3 is 10.2 Å². The van der Waals surface area contributed by atoms with Crippen molar-refractivity contribution < 1.29 is 9.59 Å². The van der Waals surface area contributed by atoms with Crippen molar-refractivity contribution >= 4 is 11.8 Å². The molecule has 150 valence electrons. The smallest absolute Gasteiger partial charge is 0.253 e. The lowest BCUT2D eigenvalue weighted by molar-refractivity contribution is -0.138. The van der Waals surface area contributed by atoms with E-state index in [4.69, 9.17) is 0 Å². The molecule has 0 bridgehead atoms. The molecule has 0 radical (unpaired) electrons. The van der Waals surface area contributed by atoms with Gasteiger partial charge in [-0.1, -0.05) is 73.9 Å². The highest BCUT2D eigenvalue weighted by atomic mass is 16.2. The van der Waals surface area contributed by atoms with E-state index >= 15 is 0 Å². The van der Waals surface area contributed by atoms with Gasteiger partial charge in [-0.05, 0) is 37.5 Å². The second-order valence-corrected chi connectivity index (χ2v) is 8.26. The Bertz CT molecular complexity index is 888. The molecule has 1 saturated carbocycles. The van der Waals surface area contributed by atoms with Crippen LogP contribution >= 0.6 is 0 Å². The third-order valence-electron chi connectivity index (χ3n) is 6.28. The SMILES string of the molecule is C[C@]1(NC(=O)c2ccccc2)C(=O)N(C2CCCCC2)C=C[C@@H]1c1ccccc1. The second kappa shape index (κ2) is 8.24. The average molecular weight is 389 g/mol. The molecule has 0 unspecified atom stereocenters. The standard InChI is InChI=1S/C25H28N2O2/c1-25(26-23(28)20-13-7-3-8-14-20)22(19-11-5-2-6-12-19)17-18-27(24(25)29)21-15-9-4-10-16-21/h2-3,5-8,11-14,17-18,21-22H,4,9-10,15-16H2,1H3,(H,26,28)/t22-,25-/m1/s1. The summed E-state index contributed by atoms with van der Waals surface area (Å²) in [5, 5.41) is 3.10. The number of hydrogen-bond acceptors (Lipinski definition) is 2. The van der Waals surface area contributed by atoms with Gasteiger partial charge in [0.2, 0.25) is 0 Å². The molecule has 4 nitrogen and oxygen atoms in total. The highest BCUT2D eigenvalue weighted by molar-refractivity contribution is 6.00. The van der Waals surface area contributed by atoms with Crippen LogP contribution in [0.15, 0.2) is 72.9 Å². The number of carbonyl (C=O) groups is 2. The molecule has 0 saturated heterocycles. The lowest BCUT2D eigenvalue weighted by Crippen LogP contribution is -2.63. The van der Waals surface area contributed by atoms with Crippen LogP contribution < -0.4 is 5.32 Å². The van der Waals surface area contributed by atoms with E-state index in [2.05, 4.69) is 11.4 Å². The van der Waals surface area contributed by atoms with E-state index in [9.17, 15) is 9.59 Å². The Labute approximate surface area is 172 Å². The van der Waals surface area contributed by atoms with Gasteiger partial charge in [0, 0.05) is 23.7 Å². The van der Waals surface area contributed by atoms with Gasteiger partial charge in [0.05, 0.1) is 0 Å². The molecule has 2 aromatic rings. The van der Waals surface area contributed by atoms with E-state index in [-0.39, 0.29) is 23.8 Å². The topological polar surface area (TPSA) is 49.4 Å². The average Bonchev–Trinajstić information content (AvgIpc) is 2.77. The molecule has 2 atom stereocenters. The highest BCUT2D eigenvalue weighted by Crippen LogP contribution is 2.37. The zero-order valence-corrected chi connectivity index (χ0v) is 16.9. The predicted molar refractivity (Wildman–Crippen MR) is 114 cm³/mol. The fourth-order valence-corrected chi connectivity index (χ4v) is 4.62. The van der Waals surface area contributed by atoms with Crippen molar-refractivity contribution in [2.24, 2.45) is 0 Å². The van der Waals surface area contributed by atoms with Crippen LogP contribution in [0.4, 0.5) is 0 Å². The van der Waals surface area contributed by atoms with Crippen molar-refractivity contribution in [3.63, 3.8) is 0 Å². The molecule has 1 N–H and O–H groups in total. The van der Waals surface area contributed by atoms with Crippen LogP contribution in [-0.4, -0.2) is 28.3 Å². The zero-order chi connectivity index (χ0) is 20.3. The first-order valence-electron chi connectivity index (χ1n) is 10.5. The van der Waals surface area contributed by atoms with E-state index in [0.29, 0.717) is 5.56 Å². The lowest BCUT2D eigenvalue weighted by Gasteiger charge is -2.45. The van der Waals surface area contributed by atoms with Crippen LogP contribution in [0.1, 0.15) is 60.9 Å². The summed E-state index contributed by atoms with van der Waals surface area (Å²) in [4.78, 5) is 28.7. The Kier molecular flexibility index (Phi) is 5.52.